The monoisotopic (exact) mass is 1520 g/mol. The molecule has 0 radical (unpaired) electrons. The maximum Gasteiger partial charge on any atom is 0.263 e. The summed E-state index contributed by atoms with van der Waals surface area (Å²) in [4.78, 5) is 71.3. The van der Waals surface area contributed by atoms with Gasteiger partial charge in [0.25, 0.3) is 36.0 Å². The second kappa shape index (κ2) is 32.5. The fourth-order valence-electron chi connectivity index (χ4n) is 12.5. The molecule has 0 spiro atoms. The average molecular weight is 1530 g/mol. The Morgan fingerprint density at radius 1 is 0.621 bits per heavy atom. The number of H-pyrrole nitrogens is 1. The van der Waals surface area contributed by atoms with E-state index in [0.29, 0.717) is 50.0 Å². The minimum atomic E-state index is -3.75. The van der Waals surface area contributed by atoms with Gasteiger partial charge in [-0.3, -0.25) is 28.5 Å². The van der Waals surface area contributed by atoms with Crippen molar-refractivity contribution in [3.8, 4) is 11.5 Å². The number of nitrogens with zero attached hydrogens (tertiary/aromatic N) is 11. The number of sulfonamides is 3. The normalized spacial score (nSPS) is 15.2. The summed E-state index contributed by atoms with van der Waals surface area (Å²) < 4.78 is 105. The predicted molar refractivity (Wildman–Crippen MR) is 401 cm³/mol. The van der Waals surface area contributed by atoms with Gasteiger partial charge in [-0.15, -0.1) is 0 Å². The van der Waals surface area contributed by atoms with Gasteiger partial charge in [0.1, 0.15) is 47.9 Å². The molecule has 0 atom stereocenters. The van der Waals surface area contributed by atoms with Crippen LogP contribution in [0.2, 0.25) is 10.0 Å². The van der Waals surface area contributed by atoms with Crippen molar-refractivity contribution < 1.29 is 61.0 Å². The number of rotatable bonds is 18. The van der Waals surface area contributed by atoms with Crippen molar-refractivity contribution in [2.24, 2.45) is 5.92 Å². The molecule has 5 N–H and O–H groups in total. The molecule has 0 bridgehead atoms. The number of carbonyl (C=O) groups is 3. The summed E-state index contributed by atoms with van der Waals surface area (Å²) in [5, 5.41) is 11.5. The molecule has 26 nitrogen and oxygen atoms in total. The second-order valence-corrected chi connectivity index (χ2v) is 31.2. The van der Waals surface area contributed by atoms with Crippen molar-refractivity contribution in [2.45, 2.75) is 65.6 Å². The molecule has 3 fully saturated rings. The number of ether oxygens (including phenoxy) is 1. The maximum absolute atomic E-state index is 13.3. The molecule has 14 rings (SSSR count). The number of halogens is 3. The second-order valence-electron chi connectivity index (χ2n) is 24.5. The molecule has 546 valence electrons. The number of benzene rings is 6. The number of aromatic amines is 1. The number of piperidine rings is 2. The number of phenolic OH excluding ortho intramolecular Hbond substituents is 1. The van der Waals surface area contributed by atoms with E-state index in [1.54, 1.807) is 95.9 Å². The molecule has 0 unspecified atom stereocenters. The molecular weight excluding hydrogens is 1450 g/mol. The van der Waals surface area contributed by atoms with Crippen molar-refractivity contribution in [2.75, 3.05) is 94.4 Å². The Bertz CT molecular complexity index is 4990. The number of anilines is 6. The number of hydrogen-bond acceptors (Lipinski definition) is 20. The van der Waals surface area contributed by atoms with Crippen molar-refractivity contribution >= 4 is 127 Å². The van der Waals surface area contributed by atoms with E-state index in [4.69, 9.17) is 27.9 Å². The Morgan fingerprint density at radius 3 is 1.80 bits per heavy atom. The number of piperazine rings is 1. The molecule has 103 heavy (non-hydrogen) atoms. The SMILES string of the molecule is O=C(C1CCN(c2ccc(S(=O)(=O)Nc3ncns3)cc2)CC1)N1CCCc2cc(Cl)ccc21.O=C(COc1ccc(F)c(Cl)c1)N1CCC(c2ccc(S(=O)(=O)Nc3ccncn3)cc2)CC1.O=C(Cc1c[nH]c2ccc(O)cc12)N1CCN(c2ccc(S(=O)(=O)Nc3ccncn3)cc2)CC1.[HH].[HH].[HH].[HH].[HH]. The fraction of sp³-hybridized carbons (Fsp3) is 0.271. The largest absolute Gasteiger partial charge is 0.508 e. The van der Waals surface area contributed by atoms with Crippen LogP contribution in [-0.2, 0) is 57.3 Å². The van der Waals surface area contributed by atoms with E-state index < -0.39 is 35.9 Å². The van der Waals surface area contributed by atoms with Crippen LogP contribution < -0.4 is 33.6 Å². The van der Waals surface area contributed by atoms with Gasteiger partial charge in [-0.05, 0) is 182 Å². The van der Waals surface area contributed by atoms with E-state index >= 15 is 0 Å². The lowest BCUT2D eigenvalue weighted by Crippen LogP contribution is -2.49. The number of nitrogens with one attached hydrogen (secondary N) is 4. The summed E-state index contributed by atoms with van der Waals surface area (Å²) >= 11 is 12.9. The lowest BCUT2D eigenvalue weighted by atomic mass is 9.89. The van der Waals surface area contributed by atoms with Gasteiger partial charge in [0.15, 0.2) is 6.61 Å². The summed E-state index contributed by atoms with van der Waals surface area (Å²) in [5.74, 6) is 0.615. The summed E-state index contributed by atoms with van der Waals surface area (Å²) in [7, 11) is -11.2. The molecule has 33 heteroatoms. The third-order valence-electron chi connectivity index (χ3n) is 18.0. The fourth-order valence-corrected chi connectivity index (χ4v) is 16.6. The van der Waals surface area contributed by atoms with Crippen LogP contribution in [-0.4, -0.2) is 158 Å². The number of likely N-dealkylation sites (tertiary alicyclic amines) is 1. The number of carbonyl (C=O) groups excluding carboxylic acids is 3. The van der Waals surface area contributed by atoms with Gasteiger partial charge in [0, 0.05) is 141 Å². The van der Waals surface area contributed by atoms with E-state index in [1.165, 1.54) is 61.7 Å². The molecular formula is C70H80Cl2FN15O11S4. The zero-order valence-electron chi connectivity index (χ0n) is 55.1. The highest BCUT2D eigenvalue weighted by Crippen LogP contribution is 2.35. The molecule has 4 aliphatic heterocycles. The molecule has 3 saturated heterocycles. The van der Waals surface area contributed by atoms with Crippen LogP contribution >= 0.6 is 34.7 Å². The highest BCUT2D eigenvalue weighted by molar-refractivity contribution is 7.93. The first-order valence-corrected chi connectivity index (χ1v) is 38.8. The number of aromatic hydroxyl groups is 1. The third kappa shape index (κ3) is 18.4. The lowest BCUT2D eigenvalue weighted by molar-refractivity contribution is -0.134. The molecule has 10 aromatic rings. The zero-order chi connectivity index (χ0) is 72.3. The quantitative estimate of drug-likeness (QED) is 0.0533. The first-order valence-electron chi connectivity index (χ1n) is 32.8. The Labute approximate surface area is 615 Å². The summed E-state index contributed by atoms with van der Waals surface area (Å²) in [6.45, 7) is 5.63. The first kappa shape index (κ1) is 72.7. The summed E-state index contributed by atoms with van der Waals surface area (Å²) in [6, 6.07) is 37.9. The van der Waals surface area contributed by atoms with Crippen molar-refractivity contribution in [3.05, 3.63) is 210 Å². The number of aromatic nitrogens is 7. The topological polar surface area (TPSA) is 329 Å². The Balaban J connectivity index is 0.000000221. The van der Waals surface area contributed by atoms with Gasteiger partial charge < -0.3 is 39.3 Å². The third-order valence-corrected chi connectivity index (χ3v) is 23.3. The molecule has 4 aromatic heterocycles. The van der Waals surface area contributed by atoms with Gasteiger partial charge in [0.05, 0.1) is 26.1 Å². The minimum absolute atomic E-state index is 0. The molecule has 6 aromatic carbocycles. The predicted octanol–water partition coefficient (Wildman–Crippen LogP) is 11.6. The molecule has 3 amide bonds. The van der Waals surface area contributed by atoms with Crippen LogP contribution in [0, 0.1) is 11.7 Å². The number of fused-ring (bicyclic) bond motifs is 2. The van der Waals surface area contributed by atoms with Gasteiger partial charge in [-0.2, -0.15) is 4.37 Å². The zero-order valence-corrected chi connectivity index (χ0v) is 59.9. The van der Waals surface area contributed by atoms with E-state index in [0.717, 1.165) is 114 Å². The lowest BCUT2D eigenvalue weighted by Gasteiger charge is -2.37. The highest BCUT2D eigenvalue weighted by Gasteiger charge is 2.33. The van der Waals surface area contributed by atoms with Crippen LogP contribution in [0.5, 0.6) is 11.5 Å². The Hall–Kier alpha value is -10.1. The average Bonchev–Trinajstić information content (AvgIpc) is 1.36. The van der Waals surface area contributed by atoms with Crippen LogP contribution in [0.4, 0.5) is 38.2 Å². The number of aryl methyl sites for hydroxylation is 1. The van der Waals surface area contributed by atoms with Crippen LogP contribution in [0.3, 0.4) is 0 Å². The minimum Gasteiger partial charge on any atom is -0.508 e. The smallest absolute Gasteiger partial charge is 0.263 e. The Kier molecular flexibility index (Phi) is 23.0. The molecule has 0 saturated carbocycles. The van der Waals surface area contributed by atoms with Gasteiger partial charge >= 0.3 is 0 Å². The van der Waals surface area contributed by atoms with Gasteiger partial charge in [0.2, 0.25) is 16.9 Å². The number of phenols is 1. The van der Waals surface area contributed by atoms with E-state index in [9.17, 15) is 49.1 Å². The van der Waals surface area contributed by atoms with Crippen LogP contribution in [0.15, 0.2) is 192 Å². The van der Waals surface area contributed by atoms with Crippen molar-refractivity contribution in [1.82, 2.24) is 44.1 Å². The van der Waals surface area contributed by atoms with Crippen molar-refractivity contribution in [3.63, 3.8) is 0 Å². The van der Waals surface area contributed by atoms with Gasteiger partial charge in [-0.1, -0.05) is 35.3 Å². The summed E-state index contributed by atoms with van der Waals surface area (Å²) in [5.41, 5.74) is 6.72. The van der Waals surface area contributed by atoms with Crippen LogP contribution in [0.1, 0.15) is 61.8 Å². The summed E-state index contributed by atoms with van der Waals surface area (Å²) in [6.07, 6.45) is 13.7. The van der Waals surface area contributed by atoms with E-state index in [2.05, 4.69) is 58.2 Å². The van der Waals surface area contributed by atoms with Gasteiger partial charge in [-0.25, -0.2) is 54.6 Å². The first-order chi connectivity index (χ1) is 49.6. The Morgan fingerprint density at radius 2 is 1.21 bits per heavy atom. The van der Waals surface area contributed by atoms with Crippen molar-refractivity contribution in [1.29, 1.82) is 0 Å². The number of amides is 3. The molecule has 8 heterocycles. The van der Waals surface area contributed by atoms with E-state index in [1.807, 2.05) is 34.2 Å². The highest BCUT2D eigenvalue weighted by atomic mass is 35.5. The van der Waals surface area contributed by atoms with Crippen LogP contribution in [0.25, 0.3) is 10.9 Å². The maximum atomic E-state index is 13.3. The van der Waals surface area contributed by atoms with E-state index in [-0.39, 0.29) is 91.9 Å². The molecule has 0 aliphatic carbocycles. The standard InChI is InChI=1S/C24H24N6O4S.C23H22ClFN4O4S.C23H24ClN5O3S2.5H2/c31-19-3-6-22-21(14-19)17(15-26-22)13-24(32)30-11-9-29(10-12-30)18-1-4-20(5-2-18)35(33,34)28-23-7-8-25-16-27-23;24-20-13-18(3-6-21(20)25)33-14-23(30)29-11-8-17(9-12-29)16-1-4-19(5-2-16)34(31,32)28-22-7-10-26-15-27-22;24-18-3-8-21-17(14-18)2-1-11-29(21)22(30)16-9-12-28(13-10-16)19-4-6-20(7-5-19)34(31,32)27-23-25-15-26-33-23;;;;;/h1-8,14-16,26,31H,9-13H2,(H,25,27,28);1-7,10,13,15,17H,8-9,11-12,14H2,(H,26,27,28);3-8,14-16H,1-2,9-13H2,(H,25,26,27);5*1H. The molecule has 4 aliphatic rings. The number of hydrogen-bond donors (Lipinski definition) is 5.